The Morgan fingerprint density at radius 3 is 2.36 bits per heavy atom. The Hall–Kier alpha value is -2.33. The van der Waals surface area contributed by atoms with Crippen molar-refractivity contribution in [2.24, 2.45) is 0 Å². The second-order valence-electron chi connectivity index (χ2n) is 6.82. The lowest BCUT2D eigenvalue weighted by molar-refractivity contribution is -0.141. The van der Waals surface area contributed by atoms with Gasteiger partial charge in [-0.15, -0.1) is 0 Å². The maximum Gasteiger partial charge on any atom is 0.243 e. The van der Waals surface area contributed by atoms with Crippen LogP contribution in [0.15, 0.2) is 54.6 Å². The van der Waals surface area contributed by atoms with Gasteiger partial charge < -0.3 is 10.2 Å². The predicted octanol–water partition coefficient (Wildman–Crippen LogP) is 4.61. The molecule has 0 saturated carbocycles. The SMILES string of the molecule is CCCCNC(=O)[C@@H](Cc1ccccc1)N(Cc1ccccc1Cl)C(=O)CC. The number of benzene rings is 2. The van der Waals surface area contributed by atoms with Crippen LogP contribution in [0.5, 0.6) is 0 Å². The predicted molar refractivity (Wildman–Crippen MR) is 114 cm³/mol. The highest BCUT2D eigenvalue weighted by Crippen LogP contribution is 2.21. The molecule has 0 heterocycles. The first kappa shape index (κ1) is 22.0. The highest BCUT2D eigenvalue weighted by molar-refractivity contribution is 6.31. The molecule has 0 aliphatic rings. The first-order valence-corrected chi connectivity index (χ1v) is 10.3. The van der Waals surface area contributed by atoms with Gasteiger partial charge in [-0.1, -0.05) is 80.4 Å². The number of halogens is 1. The van der Waals surface area contributed by atoms with Crippen molar-refractivity contribution in [3.8, 4) is 0 Å². The van der Waals surface area contributed by atoms with Crippen molar-refractivity contribution in [3.05, 3.63) is 70.7 Å². The van der Waals surface area contributed by atoms with Crippen LogP contribution in [-0.2, 0) is 22.6 Å². The summed E-state index contributed by atoms with van der Waals surface area (Å²) < 4.78 is 0. The molecule has 0 fully saturated rings. The summed E-state index contributed by atoms with van der Waals surface area (Å²) in [6.07, 6.45) is 2.71. The lowest BCUT2D eigenvalue weighted by atomic mass is 10.0. The molecule has 2 aromatic rings. The maximum atomic E-state index is 13.0. The molecular weight excluding hydrogens is 372 g/mol. The number of nitrogens with one attached hydrogen (secondary N) is 1. The highest BCUT2D eigenvalue weighted by atomic mass is 35.5. The number of carbonyl (C=O) groups is 2. The van der Waals surface area contributed by atoms with Gasteiger partial charge in [0.15, 0.2) is 0 Å². The number of nitrogens with zero attached hydrogens (tertiary/aromatic N) is 1. The first-order chi connectivity index (χ1) is 13.6. The molecule has 1 atom stereocenters. The van der Waals surface area contributed by atoms with Gasteiger partial charge in [-0.3, -0.25) is 9.59 Å². The van der Waals surface area contributed by atoms with Crippen LogP contribution in [0.3, 0.4) is 0 Å². The molecule has 0 aliphatic heterocycles. The molecule has 2 aromatic carbocycles. The zero-order chi connectivity index (χ0) is 20.4. The van der Waals surface area contributed by atoms with Gasteiger partial charge >= 0.3 is 0 Å². The van der Waals surface area contributed by atoms with Gasteiger partial charge in [0.25, 0.3) is 0 Å². The Balaban J connectivity index is 2.31. The largest absolute Gasteiger partial charge is 0.354 e. The van der Waals surface area contributed by atoms with E-state index in [0.717, 1.165) is 24.0 Å². The summed E-state index contributed by atoms with van der Waals surface area (Å²) in [5.41, 5.74) is 1.86. The van der Waals surface area contributed by atoms with Gasteiger partial charge in [-0.2, -0.15) is 0 Å². The van der Waals surface area contributed by atoms with E-state index in [9.17, 15) is 9.59 Å². The Labute approximate surface area is 172 Å². The van der Waals surface area contributed by atoms with Crippen LogP contribution in [0.2, 0.25) is 5.02 Å². The van der Waals surface area contributed by atoms with Crippen molar-refractivity contribution >= 4 is 23.4 Å². The number of amides is 2. The summed E-state index contributed by atoms with van der Waals surface area (Å²) in [7, 11) is 0. The molecule has 0 bridgehead atoms. The van der Waals surface area contributed by atoms with Crippen LogP contribution in [0.25, 0.3) is 0 Å². The van der Waals surface area contributed by atoms with E-state index in [-0.39, 0.29) is 11.8 Å². The van der Waals surface area contributed by atoms with Crippen molar-refractivity contribution in [3.63, 3.8) is 0 Å². The molecule has 28 heavy (non-hydrogen) atoms. The van der Waals surface area contributed by atoms with E-state index in [4.69, 9.17) is 11.6 Å². The van der Waals surface area contributed by atoms with E-state index >= 15 is 0 Å². The fourth-order valence-electron chi connectivity index (χ4n) is 3.07. The number of hydrogen-bond donors (Lipinski definition) is 1. The van der Waals surface area contributed by atoms with E-state index in [1.165, 1.54) is 0 Å². The highest BCUT2D eigenvalue weighted by Gasteiger charge is 2.29. The second-order valence-corrected chi connectivity index (χ2v) is 7.22. The van der Waals surface area contributed by atoms with Crippen molar-refractivity contribution in [1.29, 1.82) is 0 Å². The van der Waals surface area contributed by atoms with Gasteiger partial charge in [-0.25, -0.2) is 0 Å². The Morgan fingerprint density at radius 1 is 1.04 bits per heavy atom. The third-order valence-electron chi connectivity index (χ3n) is 4.70. The molecule has 2 amide bonds. The molecule has 1 N–H and O–H groups in total. The van der Waals surface area contributed by atoms with E-state index in [1.807, 2.05) is 55.5 Å². The van der Waals surface area contributed by atoms with Gasteiger partial charge in [0.05, 0.1) is 0 Å². The minimum absolute atomic E-state index is 0.0634. The number of carbonyl (C=O) groups excluding carboxylic acids is 2. The van der Waals surface area contributed by atoms with Gasteiger partial charge in [-0.05, 0) is 23.6 Å². The van der Waals surface area contributed by atoms with Crippen LogP contribution in [-0.4, -0.2) is 29.3 Å². The zero-order valence-corrected chi connectivity index (χ0v) is 17.4. The second kappa shape index (κ2) is 11.5. The minimum Gasteiger partial charge on any atom is -0.354 e. The third kappa shape index (κ3) is 6.38. The van der Waals surface area contributed by atoms with Crippen molar-refractivity contribution < 1.29 is 9.59 Å². The molecule has 0 saturated heterocycles. The molecular formula is C23H29ClN2O2. The van der Waals surface area contributed by atoms with Crippen LogP contribution in [0, 0.1) is 0 Å². The monoisotopic (exact) mass is 400 g/mol. The zero-order valence-electron chi connectivity index (χ0n) is 16.7. The average molecular weight is 401 g/mol. The van der Waals surface area contributed by atoms with Crippen molar-refractivity contribution in [1.82, 2.24) is 10.2 Å². The Kier molecular flexibility index (Phi) is 9.02. The summed E-state index contributed by atoms with van der Waals surface area (Å²) in [6, 6.07) is 16.7. The average Bonchev–Trinajstić information content (AvgIpc) is 2.72. The van der Waals surface area contributed by atoms with Crippen LogP contribution in [0.4, 0.5) is 0 Å². The summed E-state index contributed by atoms with van der Waals surface area (Å²) in [5, 5.41) is 3.60. The van der Waals surface area contributed by atoms with Gasteiger partial charge in [0, 0.05) is 31.0 Å². The number of unbranched alkanes of at least 4 members (excludes halogenated alkanes) is 1. The molecule has 150 valence electrons. The Bertz CT molecular complexity index is 764. The van der Waals surface area contributed by atoms with E-state index in [1.54, 1.807) is 11.0 Å². The molecule has 4 nitrogen and oxygen atoms in total. The Morgan fingerprint density at radius 2 is 1.71 bits per heavy atom. The molecule has 0 radical (unpaired) electrons. The molecule has 0 spiro atoms. The molecule has 0 aromatic heterocycles. The summed E-state index contributed by atoms with van der Waals surface area (Å²) in [5.74, 6) is -0.183. The summed E-state index contributed by atoms with van der Waals surface area (Å²) >= 11 is 6.32. The lowest BCUT2D eigenvalue weighted by Gasteiger charge is -2.31. The third-order valence-corrected chi connectivity index (χ3v) is 5.07. The van der Waals surface area contributed by atoms with Crippen molar-refractivity contribution in [2.45, 2.75) is 52.1 Å². The molecule has 5 heteroatoms. The first-order valence-electron chi connectivity index (χ1n) is 9.91. The number of hydrogen-bond acceptors (Lipinski definition) is 2. The smallest absolute Gasteiger partial charge is 0.243 e. The molecule has 0 unspecified atom stereocenters. The summed E-state index contributed by atoms with van der Waals surface area (Å²) in [6.45, 7) is 4.82. The minimum atomic E-state index is -0.581. The fraction of sp³-hybridized carbons (Fsp3) is 0.391. The lowest BCUT2D eigenvalue weighted by Crippen LogP contribution is -2.50. The van der Waals surface area contributed by atoms with Crippen LogP contribution in [0.1, 0.15) is 44.2 Å². The van der Waals surface area contributed by atoms with Gasteiger partial charge in [0.2, 0.25) is 11.8 Å². The molecule has 2 rings (SSSR count). The molecule has 0 aliphatic carbocycles. The number of rotatable bonds is 10. The van der Waals surface area contributed by atoms with Crippen LogP contribution >= 0.6 is 11.6 Å². The summed E-state index contributed by atoms with van der Waals surface area (Å²) in [4.78, 5) is 27.5. The topological polar surface area (TPSA) is 49.4 Å². The van der Waals surface area contributed by atoms with Crippen LogP contribution < -0.4 is 5.32 Å². The van der Waals surface area contributed by atoms with E-state index in [2.05, 4.69) is 12.2 Å². The van der Waals surface area contributed by atoms with E-state index in [0.29, 0.717) is 31.0 Å². The van der Waals surface area contributed by atoms with E-state index < -0.39 is 6.04 Å². The fourth-order valence-corrected chi connectivity index (χ4v) is 3.27. The maximum absolute atomic E-state index is 13.0. The van der Waals surface area contributed by atoms with Crippen molar-refractivity contribution in [2.75, 3.05) is 6.54 Å². The normalized spacial score (nSPS) is 11.7. The standard InChI is InChI=1S/C23H29ClN2O2/c1-3-5-15-25-23(28)21(16-18-11-7-6-8-12-18)26(22(27)4-2)17-19-13-9-10-14-20(19)24/h6-14,21H,3-5,15-17H2,1-2H3,(H,25,28)/t21-/m1/s1. The van der Waals surface area contributed by atoms with Gasteiger partial charge in [0.1, 0.15) is 6.04 Å². The quantitative estimate of drug-likeness (QED) is 0.592.